The zero-order valence-electron chi connectivity index (χ0n) is 12.2. The molecule has 9 heteroatoms. The van der Waals surface area contributed by atoms with Crippen molar-refractivity contribution in [3.05, 3.63) is 30.0 Å². The lowest BCUT2D eigenvalue weighted by Crippen LogP contribution is -2.13. The highest BCUT2D eigenvalue weighted by Gasteiger charge is 2.32. The van der Waals surface area contributed by atoms with Crippen LogP contribution < -0.4 is 5.32 Å². The summed E-state index contributed by atoms with van der Waals surface area (Å²) in [5, 5.41) is 9.43. The zero-order valence-corrected chi connectivity index (χ0v) is 12.2. The van der Waals surface area contributed by atoms with E-state index in [0.717, 1.165) is 25.0 Å². The topological polar surface area (TPSA) is 86.5 Å². The van der Waals surface area contributed by atoms with Gasteiger partial charge in [-0.1, -0.05) is 0 Å². The number of aromatic nitrogens is 4. The number of benzene rings is 1. The van der Waals surface area contributed by atoms with E-state index in [1.807, 2.05) is 0 Å². The molecular formula is C15H12F3N5O. The summed E-state index contributed by atoms with van der Waals surface area (Å²) in [5.74, 6) is 0.225. The highest BCUT2D eigenvalue weighted by Crippen LogP contribution is 2.33. The molecule has 0 radical (unpaired) electrons. The third-order valence-corrected chi connectivity index (χ3v) is 3.88. The fourth-order valence-electron chi connectivity index (χ4n) is 2.44. The molecule has 1 amide bonds. The third-order valence-electron chi connectivity index (χ3n) is 3.88. The molecule has 0 spiro atoms. The number of H-pyrrole nitrogens is 2. The minimum atomic E-state index is -4.43. The molecule has 6 nitrogen and oxygen atoms in total. The van der Waals surface area contributed by atoms with Gasteiger partial charge in [0.25, 0.3) is 0 Å². The number of hydrogen-bond donors (Lipinski definition) is 3. The summed E-state index contributed by atoms with van der Waals surface area (Å²) in [6, 6.07) is 3.29. The van der Waals surface area contributed by atoms with Crippen molar-refractivity contribution in [1.29, 1.82) is 0 Å². The maximum Gasteiger partial charge on any atom is 0.416 e. The molecule has 0 aliphatic heterocycles. The van der Waals surface area contributed by atoms with Gasteiger partial charge in [-0.25, -0.2) is 4.98 Å². The second-order valence-electron chi connectivity index (χ2n) is 5.73. The number of nitrogens with one attached hydrogen (secondary N) is 3. The van der Waals surface area contributed by atoms with Crippen LogP contribution in [0.15, 0.2) is 24.4 Å². The molecule has 2 heterocycles. The number of anilines is 1. The lowest BCUT2D eigenvalue weighted by atomic mass is 10.2. The van der Waals surface area contributed by atoms with Crippen molar-refractivity contribution in [2.24, 2.45) is 5.92 Å². The standard InChI is InChI=1S/C15H12F3N5O/c16-15(17,18)8-3-4-9-10(5-8)21-13(20-9)12-11(6-19-23-12)22-14(24)7-1-2-7/h3-7H,1-2H2,(H,19,23)(H,20,21)(H,22,24). The van der Waals surface area contributed by atoms with Gasteiger partial charge in [-0.2, -0.15) is 18.3 Å². The van der Waals surface area contributed by atoms with E-state index >= 15 is 0 Å². The van der Waals surface area contributed by atoms with Crippen molar-refractivity contribution < 1.29 is 18.0 Å². The Morgan fingerprint density at radius 3 is 2.79 bits per heavy atom. The minimum Gasteiger partial charge on any atom is -0.337 e. The number of carbonyl (C=O) groups excluding carboxylic acids is 1. The summed E-state index contributed by atoms with van der Waals surface area (Å²) in [6.07, 6.45) is -1.18. The zero-order chi connectivity index (χ0) is 16.9. The van der Waals surface area contributed by atoms with Gasteiger partial charge in [0.05, 0.1) is 22.3 Å². The number of rotatable bonds is 3. The molecule has 0 bridgehead atoms. The highest BCUT2D eigenvalue weighted by atomic mass is 19.4. The van der Waals surface area contributed by atoms with Crippen molar-refractivity contribution in [2.75, 3.05) is 5.32 Å². The van der Waals surface area contributed by atoms with Crippen molar-refractivity contribution in [1.82, 2.24) is 20.2 Å². The monoisotopic (exact) mass is 335 g/mol. The smallest absolute Gasteiger partial charge is 0.337 e. The largest absolute Gasteiger partial charge is 0.416 e. The molecule has 0 saturated heterocycles. The summed E-state index contributed by atoms with van der Waals surface area (Å²) < 4.78 is 38.3. The molecule has 1 fully saturated rings. The van der Waals surface area contributed by atoms with Crippen molar-refractivity contribution in [2.45, 2.75) is 19.0 Å². The summed E-state index contributed by atoms with van der Waals surface area (Å²) in [7, 11) is 0. The van der Waals surface area contributed by atoms with E-state index < -0.39 is 11.7 Å². The molecule has 1 aromatic carbocycles. The van der Waals surface area contributed by atoms with Gasteiger partial charge >= 0.3 is 6.18 Å². The van der Waals surface area contributed by atoms with Crippen LogP contribution in [0.4, 0.5) is 18.9 Å². The Balaban J connectivity index is 1.69. The molecule has 124 valence electrons. The van der Waals surface area contributed by atoms with Crippen molar-refractivity contribution in [3.8, 4) is 11.5 Å². The lowest BCUT2D eigenvalue weighted by Gasteiger charge is -2.04. The Morgan fingerprint density at radius 1 is 1.29 bits per heavy atom. The number of imidazole rings is 1. The molecule has 0 atom stereocenters. The van der Waals surface area contributed by atoms with Crippen LogP contribution in [-0.4, -0.2) is 26.1 Å². The van der Waals surface area contributed by atoms with Gasteiger partial charge in [0.2, 0.25) is 5.91 Å². The third kappa shape index (κ3) is 2.61. The molecule has 24 heavy (non-hydrogen) atoms. The highest BCUT2D eigenvalue weighted by molar-refractivity contribution is 5.97. The van der Waals surface area contributed by atoms with E-state index in [1.54, 1.807) is 0 Å². The van der Waals surface area contributed by atoms with Crippen LogP contribution in [-0.2, 0) is 11.0 Å². The Kier molecular flexibility index (Phi) is 3.12. The van der Waals surface area contributed by atoms with Crippen molar-refractivity contribution in [3.63, 3.8) is 0 Å². The van der Waals surface area contributed by atoms with Gasteiger partial charge < -0.3 is 10.3 Å². The van der Waals surface area contributed by atoms with Crippen LogP contribution in [0.3, 0.4) is 0 Å². The summed E-state index contributed by atoms with van der Waals surface area (Å²) >= 11 is 0. The Labute approximate surface area is 133 Å². The minimum absolute atomic E-state index is 0.0257. The van der Waals surface area contributed by atoms with E-state index in [9.17, 15) is 18.0 Å². The molecule has 1 aliphatic carbocycles. The quantitative estimate of drug-likeness (QED) is 0.686. The average Bonchev–Trinajstić information content (AvgIpc) is 3.13. The van der Waals surface area contributed by atoms with Crippen LogP contribution in [0.5, 0.6) is 0 Å². The van der Waals surface area contributed by atoms with Gasteiger partial charge in [-0.3, -0.25) is 9.89 Å². The van der Waals surface area contributed by atoms with Gasteiger partial charge in [-0.05, 0) is 31.0 Å². The normalized spacial score (nSPS) is 15.0. The van der Waals surface area contributed by atoms with E-state index in [1.165, 1.54) is 12.3 Å². The number of nitrogens with zero attached hydrogens (tertiary/aromatic N) is 2. The summed E-state index contributed by atoms with van der Waals surface area (Å²) in [6.45, 7) is 0. The first kappa shape index (κ1) is 14.7. The second-order valence-corrected chi connectivity index (χ2v) is 5.73. The number of alkyl halides is 3. The Morgan fingerprint density at radius 2 is 2.08 bits per heavy atom. The molecule has 1 aliphatic rings. The molecule has 0 unspecified atom stereocenters. The van der Waals surface area contributed by atoms with Crippen LogP contribution >= 0.6 is 0 Å². The fourth-order valence-corrected chi connectivity index (χ4v) is 2.44. The number of hydrogen-bond acceptors (Lipinski definition) is 3. The van der Waals surface area contributed by atoms with Crippen LogP contribution in [0, 0.1) is 5.92 Å². The number of carbonyl (C=O) groups is 1. The first-order chi connectivity index (χ1) is 11.4. The molecule has 2 aromatic heterocycles. The van der Waals surface area contributed by atoms with Crippen LogP contribution in [0.25, 0.3) is 22.6 Å². The van der Waals surface area contributed by atoms with E-state index in [0.29, 0.717) is 16.9 Å². The summed E-state index contributed by atoms with van der Waals surface area (Å²) in [4.78, 5) is 19.0. The summed E-state index contributed by atoms with van der Waals surface area (Å²) in [5.41, 5.74) is 0.677. The van der Waals surface area contributed by atoms with E-state index in [4.69, 9.17) is 0 Å². The number of amides is 1. The Hall–Kier alpha value is -2.84. The van der Waals surface area contributed by atoms with Gasteiger partial charge in [-0.15, -0.1) is 0 Å². The van der Waals surface area contributed by atoms with Gasteiger partial charge in [0.1, 0.15) is 0 Å². The number of halogens is 3. The number of fused-ring (bicyclic) bond motifs is 1. The molecular weight excluding hydrogens is 323 g/mol. The first-order valence-electron chi connectivity index (χ1n) is 7.34. The SMILES string of the molecule is O=C(Nc1c[nH]nc1-c1nc2cc(C(F)(F)F)ccc2[nH]1)C1CC1. The fraction of sp³-hybridized carbons (Fsp3) is 0.267. The lowest BCUT2D eigenvalue weighted by molar-refractivity contribution is -0.137. The molecule has 3 aromatic rings. The van der Waals surface area contributed by atoms with Gasteiger partial charge in [0, 0.05) is 12.1 Å². The molecule has 1 saturated carbocycles. The maximum absolute atomic E-state index is 12.8. The van der Waals surface area contributed by atoms with Crippen LogP contribution in [0.2, 0.25) is 0 Å². The predicted octanol–water partition coefficient (Wildman–Crippen LogP) is 3.32. The van der Waals surface area contributed by atoms with E-state index in [2.05, 4.69) is 25.5 Å². The van der Waals surface area contributed by atoms with Crippen molar-refractivity contribution >= 4 is 22.6 Å². The average molecular weight is 335 g/mol. The predicted molar refractivity (Wildman–Crippen MR) is 80.0 cm³/mol. The van der Waals surface area contributed by atoms with Crippen LogP contribution in [0.1, 0.15) is 18.4 Å². The van der Waals surface area contributed by atoms with E-state index in [-0.39, 0.29) is 23.2 Å². The van der Waals surface area contributed by atoms with Gasteiger partial charge in [0.15, 0.2) is 11.5 Å². The Bertz CT molecular complexity index is 923. The number of aromatic amines is 2. The maximum atomic E-state index is 12.8. The second kappa shape index (κ2) is 5.08. The first-order valence-corrected chi connectivity index (χ1v) is 7.34. The molecule has 4 rings (SSSR count). The molecule has 3 N–H and O–H groups in total.